The molecule has 2 N–H and O–H groups in total. The third kappa shape index (κ3) is 3.05. The van der Waals surface area contributed by atoms with Crippen molar-refractivity contribution in [2.75, 3.05) is 20.1 Å². The average molecular weight is 258 g/mol. The number of hydrogen-bond acceptors (Lipinski definition) is 4. The summed E-state index contributed by atoms with van der Waals surface area (Å²) in [6, 6.07) is 0.648. The van der Waals surface area contributed by atoms with Crippen LogP contribution in [0, 0.1) is 6.92 Å². The fourth-order valence-electron chi connectivity index (χ4n) is 1.74. The van der Waals surface area contributed by atoms with Gasteiger partial charge in [-0.15, -0.1) is 0 Å². The van der Waals surface area contributed by atoms with Crippen LogP contribution < -0.4 is 4.72 Å². The first-order chi connectivity index (χ1) is 8.00. The average Bonchev–Trinajstić information content (AvgIpc) is 3.01. The summed E-state index contributed by atoms with van der Waals surface area (Å²) >= 11 is 0. The van der Waals surface area contributed by atoms with Crippen LogP contribution in [0.2, 0.25) is 0 Å². The van der Waals surface area contributed by atoms with E-state index in [1.54, 1.807) is 6.92 Å². The summed E-state index contributed by atoms with van der Waals surface area (Å²) in [6.07, 6.45) is 3.79. The zero-order valence-corrected chi connectivity index (χ0v) is 10.9. The summed E-state index contributed by atoms with van der Waals surface area (Å²) in [7, 11) is -1.40. The summed E-state index contributed by atoms with van der Waals surface area (Å²) in [4.78, 5) is 2.41. The van der Waals surface area contributed by atoms with Crippen LogP contribution in [0.5, 0.6) is 0 Å². The van der Waals surface area contributed by atoms with Crippen molar-refractivity contribution < 1.29 is 8.42 Å². The molecule has 0 saturated heterocycles. The lowest BCUT2D eigenvalue weighted by molar-refractivity contribution is 0.329. The molecule has 0 amide bonds. The number of aryl methyl sites for hydroxylation is 1. The molecule has 1 saturated carbocycles. The van der Waals surface area contributed by atoms with Gasteiger partial charge in [0.05, 0.1) is 11.9 Å². The van der Waals surface area contributed by atoms with Crippen molar-refractivity contribution in [3.05, 3.63) is 11.9 Å². The smallest absolute Gasteiger partial charge is 0.243 e. The third-order valence-corrected chi connectivity index (χ3v) is 4.57. The van der Waals surface area contributed by atoms with Crippen LogP contribution in [-0.2, 0) is 10.0 Å². The molecule has 1 aliphatic rings. The van der Waals surface area contributed by atoms with Crippen LogP contribution >= 0.6 is 0 Å². The van der Waals surface area contributed by atoms with Crippen molar-refractivity contribution in [3.8, 4) is 0 Å². The van der Waals surface area contributed by atoms with E-state index in [1.807, 2.05) is 7.05 Å². The molecule has 6 nitrogen and oxygen atoms in total. The van der Waals surface area contributed by atoms with Crippen LogP contribution in [-0.4, -0.2) is 49.7 Å². The second-order valence-corrected chi connectivity index (χ2v) is 6.20. The molecule has 0 aromatic carbocycles. The monoisotopic (exact) mass is 258 g/mol. The van der Waals surface area contributed by atoms with Gasteiger partial charge in [-0.1, -0.05) is 0 Å². The van der Waals surface area contributed by atoms with Gasteiger partial charge in [0.2, 0.25) is 10.0 Å². The molecular formula is C10H18N4O2S. The summed E-state index contributed by atoms with van der Waals surface area (Å²) in [5.41, 5.74) is 0.563. The molecular weight excluding hydrogens is 240 g/mol. The third-order valence-electron chi connectivity index (χ3n) is 3.00. The van der Waals surface area contributed by atoms with Gasteiger partial charge in [0.25, 0.3) is 0 Å². The van der Waals surface area contributed by atoms with Crippen LogP contribution in [0.1, 0.15) is 18.5 Å². The van der Waals surface area contributed by atoms with E-state index in [-0.39, 0.29) is 4.90 Å². The zero-order chi connectivity index (χ0) is 12.5. The van der Waals surface area contributed by atoms with Crippen LogP contribution in [0.4, 0.5) is 0 Å². The lowest BCUT2D eigenvalue weighted by Crippen LogP contribution is -2.34. The zero-order valence-electron chi connectivity index (χ0n) is 10.1. The Morgan fingerprint density at radius 3 is 2.82 bits per heavy atom. The first-order valence-electron chi connectivity index (χ1n) is 5.70. The Kier molecular flexibility index (Phi) is 3.50. The molecule has 1 heterocycles. The maximum atomic E-state index is 11.9. The van der Waals surface area contributed by atoms with E-state index in [4.69, 9.17) is 0 Å². The minimum atomic E-state index is -3.42. The van der Waals surface area contributed by atoms with Crippen LogP contribution in [0.25, 0.3) is 0 Å². The molecule has 2 rings (SSSR count). The van der Waals surface area contributed by atoms with E-state index in [2.05, 4.69) is 19.8 Å². The predicted octanol–water partition coefficient (Wildman–Crippen LogP) is 0.0906. The van der Waals surface area contributed by atoms with Gasteiger partial charge in [-0.25, -0.2) is 13.1 Å². The van der Waals surface area contributed by atoms with Crippen molar-refractivity contribution >= 4 is 10.0 Å². The topological polar surface area (TPSA) is 78.1 Å². The van der Waals surface area contributed by atoms with Gasteiger partial charge >= 0.3 is 0 Å². The standard InChI is InChI=1S/C10H18N4O2S/c1-8-10(7-11-13-8)17(15,16)12-5-6-14(2)9-3-4-9/h7,9,12H,3-6H2,1-2H3,(H,11,13). The van der Waals surface area contributed by atoms with Gasteiger partial charge in [-0.3, -0.25) is 5.10 Å². The van der Waals surface area contributed by atoms with Gasteiger partial charge in [-0.05, 0) is 26.8 Å². The van der Waals surface area contributed by atoms with E-state index in [0.29, 0.717) is 18.3 Å². The fourth-order valence-corrected chi connectivity index (χ4v) is 2.90. The van der Waals surface area contributed by atoms with E-state index in [1.165, 1.54) is 19.0 Å². The van der Waals surface area contributed by atoms with Crippen LogP contribution in [0.15, 0.2) is 11.1 Å². The molecule has 1 aromatic heterocycles. The van der Waals surface area contributed by atoms with Gasteiger partial charge in [0, 0.05) is 19.1 Å². The van der Waals surface area contributed by atoms with Crippen molar-refractivity contribution in [2.45, 2.75) is 30.7 Å². The largest absolute Gasteiger partial charge is 0.302 e. The number of rotatable bonds is 6. The molecule has 1 aromatic rings. The highest BCUT2D eigenvalue weighted by Crippen LogP contribution is 2.24. The van der Waals surface area contributed by atoms with E-state index < -0.39 is 10.0 Å². The molecule has 0 atom stereocenters. The number of hydrogen-bond donors (Lipinski definition) is 2. The quantitative estimate of drug-likeness (QED) is 0.758. The normalized spacial score (nSPS) is 16.6. The predicted molar refractivity (Wildman–Crippen MR) is 64.2 cm³/mol. The second kappa shape index (κ2) is 4.75. The van der Waals surface area contributed by atoms with Crippen LogP contribution in [0.3, 0.4) is 0 Å². The first kappa shape index (κ1) is 12.5. The fraction of sp³-hybridized carbons (Fsp3) is 0.700. The Bertz CT molecular complexity index is 478. The molecule has 1 aliphatic carbocycles. The molecule has 0 spiro atoms. The maximum absolute atomic E-state index is 11.9. The highest BCUT2D eigenvalue weighted by Gasteiger charge is 2.26. The Labute approximate surface area is 101 Å². The number of nitrogens with one attached hydrogen (secondary N) is 2. The number of aromatic amines is 1. The molecule has 0 unspecified atom stereocenters. The molecule has 96 valence electrons. The Morgan fingerprint density at radius 1 is 1.59 bits per heavy atom. The van der Waals surface area contributed by atoms with E-state index >= 15 is 0 Å². The molecule has 0 radical (unpaired) electrons. The summed E-state index contributed by atoms with van der Waals surface area (Å²) in [6.45, 7) is 2.86. The summed E-state index contributed by atoms with van der Waals surface area (Å²) < 4.78 is 26.4. The molecule has 0 aliphatic heterocycles. The van der Waals surface area contributed by atoms with Gasteiger partial charge in [0.15, 0.2) is 0 Å². The maximum Gasteiger partial charge on any atom is 0.243 e. The minimum Gasteiger partial charge on any atom is -0.302 e. The van der Waals surface area contributed by atoms with Crippen molar-refractivity contribution in [2.24, 2.45) is 0 Å². The lowest BCUT2D eigenvalue weighted by Gasteiger charge is -2.15. The number of likely N-dealkylation sites (N-methyl/N-ethyl adjacent to an activating group) is 1. The minimum absolute atomic E-state index is 0.228. The highest BCUT2D eigenvalue weighted by molar-refractivity contribution is 7.89. The Hall–Kier alpha value is -0.920. The molecule has 17 heavy (non-hydrogen) atoms. The first-order valence-corrected chi connectivity index (χ1v) is 7.19. The summed E-state index contributed by atoms with van der Waals surface area (Å²) in [5, 5.41) is 6.34. The highest BCUT2D eigenvalue weighted by atomic mass is 32.2. The summed E-state index contributed by atoms with van der Waals surface area (Å²) in [5.74, 6) is 0. The number of aromatic nitrogens is 2. The van der Waals surface area contributed by atoms with Crippen molar-refractivity contribution in [3.63, 3.8) is 0 Å². The molecule has 0 bridgehead atoms. The van der Waals surface area contributed by atoms with E-state index in [9.17, 15) is 8.42 Å². The Balaban J connectivity index is 1.87. The molecule has 1 fully saturated rings. The molecule has 7 heteroatoms. The van der Waals surface area contributed by atoms with Crippen molar-refractivity contribution in [1.29, 1.82) is 0 Å². The lowest BCUT2D eigenvalue weighted by atomic mass is 10.5. The van der Waals surface area contributed by atoms with Gasteiger partial charge in [0.1, 0.15) is 4.90 Å². The van der Waals surface area contributed by atoms with Crippen molar-refractivity contribution in [1.82, 2.24) is 19.8 Å². The van der Waals surface area contributed by atoms with E-state index in [0.717, 1.165) is 6.54 Å². The Morgan fingerprint density at radius 2 is 2.29 bits per heavy atom. The van der Waals surface area contributed by atoms with Gasteiger partial charge in [-0.2, -0.15) is 5.10 Å². The number of sulfonamides is 1. The number of H-pyrrole nitrogens is 1. The second-order valence-electron chi connectivity index (χ2n) is 4.47. The van der Waals surface area contributed by atoms with Gasteiger partial charge < -0.3 is 4.90 Å². The number of nitrogens with zero attached hydrogens (tertiary/aromatic N) is 2. The SMILES string of the molecule is Cc1[nH]ncc1S(=O)(=O)NCCN(C)C1CC1.